The lowest BCUT2D eigenvalue weighted by atomic mass is 10.1. The number of aromatic nitrogens is 1. The van der Waals surface area contributed by atoms with E-state index in [9.17, 15) is 14.7 Å². The monoisotopic (exact) mass is 322 g/mol. The number of anilines is 1. The fourth-order valence-corrected chi connectivity index (χ4v) is 3.90. The smallest absolute Gasteiger partial charge is 0.339 e. The molecule has 1 amide bonds. The molecule has 7 heteroatoms. The number of nitrogens with one attached hydrogen (secondary N) is 1. The van der Waals surface area contributed by atoms with Gasteiger partial charge in [-0.3, -0.25) is 9.78 Å². The first-order chi connectivity index (χ1) is 10.1. The van der Waals surface area contributed by atoms with Crippen molar-refractivity contribution >= 4 is 39.8 Å². The van der Waals surface area contributed by atoms with Crippen LogP contribution in [0.3, 0.4) is 0 Å². The Morgan fingerprint density at radius 3 is 2.90 bits per heavy atom. The van der Waals surface area contributed by atoms with Gasteiger partial charge in [-0.1, -0.05) is 11.6 Å². The van der Waals surface area contributed by atoms with Crippen LogP contribution in [0.1, 0.15) is 37.6 Å². The molecule has 0 fully saturated rings. The number of rotatable bonds is 3. The van der Waals surface area contributed by atoms with Crippen LogP contribution in [0.4, 0.5) is 5.00 Å². The predicted octanol–water partition coefficient (Wildman–Crippen LogP) is 3.24. The van der Waals surface area contributed by atoms with Gasteiger partial charge in [0.25, 0.3) is 5.91 Å². The Bertz CT molecular complexity index is 742. The molecule has 0 bridgehead atoms. The average Bonchev–Trinajstić information content (AvgIpc) is 2.98. The van der Waals surface area contributed by atoms with Crippen molar-refractivity contribution in [3.63, 3.8) is 0 Å². The number of aryl methyl sites for hydroxylation is 1. The fourth-order valence-electron chi connectivity index (χ4n) is 2.43. The lowest BCUT2D eigenvalue weighted by molar-refractivity contribution is 0.0697. The second kappa shape index (κ2) is 5.46. The zero-order chi connectivity index (χ0) is 15.0. The average molecular weight is 323 g/mol. The van der Waals surface area contributed by atoms with Crippen LogP contribution < -0.4 is 5.32 Å². The highest BCUT2D eigenvalue weighted by Gasteiger charge is 2.27. The number of thiophene rings is 1. The van der Waals surface area contributed by atoms with E-state index in [0.717, 1.165) is 29.7 Å². The number of carbonyl (C=O) groups excluding carboxylic acids is 1. The summed E-state index contributed by atoms with van der Waals surface area (Å²) >= 11 is 7.28. The first-order valence-electron chi connectivity index (χ1n) is 6.36. The second-order valence-electron chi connectivity index (χ2n) is 4.68. The highest BCUT2D eigenvalue weighted by molar-refractivity contribution is 7.17. The summed E-state index contributed by atoms with van der Waals surface area (Å²) in [5.41, 5.74) is 1.28. The van der Waals surface area contributed by atoms with Crippen LogP contribution >= 0.6 is 22.9 Å². The molecule has 2 heterocycles. The molecule has 2 aromatic heterocycles. The SMILES string of the molecule is O=C(Nc1sc2c(c1C(=O)O)CCC2)c1cnccc1Cl. The highest BCUT2D eigenvalue weighted by Crippen LogP contribution is 2.39. The van der Waals surface area contributed by atoms with E-state index >= 15 is 0 Å². The summed E-state index contributed by atoms with van der Waals surface area (Å²) in [4.78, 5) is 28.6. The van der Waals surface area contributed by atoms with Gasteiger partial charge in [0, 0.05) is 17.3 Å². The zero-order valence-corrected chi connectivity index (χ0v) is 12.4. The summed E-state index contributed by atoms with van der Waals surface area (Å²) in [5.74, 6) is -1.46. The van der Waals surface area contributed by atoms with Gasteiger partial charge < -0.3 is 10.4 Å². The Morgan fingerprint density at radius 1 is 1.38 bits per heavy atom. The summed E-state index contributed by atoms with van der Waals surface area (Å²) in [7, 11) is 0. The molecule has 1 aliphatic rings. The van der Waals surface area contributed by atoms with Crippen molar-refractivity contribution in [1.29, 1.82) is 0 Å². The number of fused-ring (bicyclic) bond motifs is 1. The molecule has 0 spiro atoms. The van der Waals surface area contributed by atoms with Gasteiger partial charge in [0.2, 0.25) is 0 Å². The number of pyridine rings is 1. The standard InChI is InChI=1S/C14H11ClN2O3S/c15-9-4-5-16-6-8(9)12(18)17-13-11(14(19)20)7-2-1-3-10(7)21-13/h4-6H,1-3H2,(H,17,18)(H,19,20). The molecule has 1 aliphatic carbocycles. The maximum Gasteiger partial charge on any atom is 0.339 e. The van der Waals surface area contributed by atoms with Crippen LogP contribution in [0, 0.1) is 0 Å². The third-order valence-electron chi connectivity index (χ3n) is 3.37. The number of halogens is 1. The Labute approximate surface area is 129 Å². The number of aromatic carboxylic acids is 1. The number of amides is 1. The number of nitrogens with zero attached hydrogens (tertiary/aromatic N) is 1. The summed E-state index contributed by atoms with van der Waals surface area (Å²) in [6.07, 6.45) is 5.42. The van der Waals surface area contributed by atoms with Gasteiger partial charge in [-0.05, 0) is 30.9 Å². The molecule has 108 valence electrons. The van der Waals surface area contributed by atoms with Crippen LogP contribution in [-0.4, -0.2) is 22.0 Å². The lowest BCUT2D eigenvalue weighted by Gasteiger charge is -2.06. The number of carboxylic acid groups (broad SMARTS) is 1. The van der Waals surface area contributed by atoms with Crippen molar-refractivity contribution in [3.05, 3.63) is 45.1 Å². The lowest BCUT2D eigenvalue weighted by Crippen LogP contribution is -2.14. The minimum atomic E-state index is -1.01. The van der Waals surface area contributed by atoms with Crippen LogP contribution in [-0.2, 0) is 12.8 Å². The van der Waals surface area contributed by atoms with E-state index in [-0.39, 0.29) is 16.1 Å². The molecule has 0 saturated heterocycles. The molecule has 2 N–H and O–H groups in total. The Morgan fingerprint density at radius 2 is 2.19 bits per heavy atom. The van der Waals surface area contributed by atoms with Crippen molar-refractivity contribution < 1.29 is 14.7 Å². The second-order valence-corrected chi connectivity index (χ2v) is 6.19. The van der Waals surface area contributed by atoms with Crippen molar-refractivity contribution in [2.45, 2.75) is 19.3 Å². The van der Waals surface area contributed by atoms with E-state index in [2.05, 4.69) is 10.3 Å². The summed E-state index contributed by atoms with van der Waals surface area (Å²) in [6.45, 7) is 0. The first kappa shape index (κ1) is 14.0. The van der Waals surface area contributed by atoms with Crippen LogP contribution in [0.2, 0.25) is 5.02 Å². The van der Waals surface area contributed by atoms with E-state index < -0.39 is 11.9 Å². The maximum absolute atomic E-state index is 12.2. The van der Waals surface area contributed by atoms with E-state index in [4.69, 9.17) is 11.6 Å². The number of hydrogen-bond donors (Lipinski definition) is 2. The summed E-state index contributed by atoms with van der Waals surface area (Å²) in [6, 6.07) is 1.52. The number of carbonyl (C=O) groups is 2. The molecular formula is C14H11ClN2O3S. The molecule has 0 aliphatic heterocycles. The third kappa shape index (κ3) is 2.52. The van der Waals surface area contributed by atoms with E-state index in [1.807, 2.05) is 0 Å². The third-order valence-corrected chi connectivity index (χ3v) is 4.91. The molecule has 5 nitrogen and oxygen atoms in total. The molecule has 0 saturated carbocycles. The molecule has 3 rings (SSSR count). The maximum atomic E-state index is 12.2. The summed E-state index contributed by atoms with van der Waals surface area (Å²) in [5, 5.41) is 12.7. The Balaban J connectivity index is 1.94. The number of carboxylic acids is 1. The predicted molar refractivity (Wildman–Crippen MR) is 80.5 cm³/mol. The van der Waals surface area contributed by atoms with Crippen LogP contribution in [0.5, 0.6) is 0 Å². The van der Waals surface area contributed by atoms with E-state index in [0.29, 0.717) is 5.00 Å². The van der Waals surface area contributed by atoms with Gasteiger partial charge in [-0.2, -0.15) is 0 Å². The molecule has 0 aromatic carbocycles. The topological polar surface area (TPSA) is 79.3 Å². The van der Waals surface area contributed by atoms with Gasteiger partial charge in [-0.25, -0.2) is 4.79 Å². The molecule has 0 unspecified atom stereocenters. The molecule has 2 aromatic rings. The highest BCUT2D eigenvalue weighted by atomic mass is 35.5. The quantitative estimate of drug-likeness (QED) is 0.909. The van der Waals surface area contributed by atoms with E-state index in [1.165, 1.54) is 29.8 Å². The zero-order valence-electron chi connectivity index (χ0n) is 10.9. The Kier molecular flexibility index (Phi) is 3.65. The first-order valence-corrected chi connectivity index (χ1v) is 7.56. The molecule has 21 heavy (non-hydrogen) atoms. The number of hydrogen-bond acceptors (Lipinski definition) is 4. The summed E-state index contributed by atoms with van der Waals surface area (Å²) < 4.78 is 0. The van der Waals surface area contributed by atoms with E-state index in [1.54, 1.807) is 0 Å². The minimum Gasteiger partial charge on any atom is -0.478 e. The molecule has 0 radical (unpaired) electrons. The van der Waals surface area contributed by atoms with Gasteiger partial charge in [0.05, 0.1) is 16.1 Å². The van der Waals surface area contributed by atoms with Crippen molar-refractivity contribution in [1.82, 2.24) is 4.98 Å². The minimum absolute atomic E-state index is 0.209. The fraction of sp³-hybridized carbons (Fsp3) is 0.214. The van der Waals surface area contributed by atoms with Crippen molar-refractivity contribution in [2.75, 3.05) is 5.32 Å². The largest absolute Gasteiger partial charge is 0.478 e. The van der Waals surface area contributed by atoms with Gasteiger partial charge >= 0.3 is 5.97 Å². The van der Waals surface area contributed by atoms with Gasteiger partial charge in [0.15, 0.2) is 0 Å². The van der Waals surface area contributed by atoms with Crippen molar-refractivity contribution in [3.8, 4) is 0 Å². The van der Waals surface area contributed by atoms with Gasteiger partial charge in [0.1, 0.15) is 5.00 Å². The van der Waals surface area contributed by atoms with Crippen LogP contribution in [0.15, 0.2) is 18.5 Å². The Hall–Kier alpha value is -1.92. The van der Waals surface area contributed by atoms with Crippen LogP contribution in [0.25, 0.3) is 0 Å². The normalized spacial score (nSPS) is 13.0. The van der Waals surface area contributed by atoms with Crippen molar-refractivity contribution in [2.24, 2.45) is 0 Å². The molecule has 0 atom stereocenters. The molecular weight excluding hydrogens is 312 g/mol. The van der Waals surface area contributed by atoms with Gasteiger partial charge in [-0.15, -0.1) is 11.3 Å².